The van der Waals surface area contributed by atoms with Crippen LogP contribution in [0.1, 0.15) is 35.8 Å². The zero-order valence-electron chi connectivity index (χ0n) is 16.9. The average molecular weight is 389 g/mol. The van der Waals surface area contributed by atoms with E-state index in [0.717, 1.165) is 16.7 Å². The van der Waals surface area contributed by atoms with Crippen molar-refractivity contribution in [3.63, 3.8) is 0 Å². The van der Waals surface area contributed by atoms with Crippen molar-refractivity contribution in [2.75, 3.05) is 7.05 Å². The second kappa shape index (κ2) is 9.03. The van der Waals surface area contributed by atoms with Crippen molar-refractivity contribution >= 4 is 5.91 Å². The van der Waals surface area contributed by atoms with Crippen LogP contribution in [-0.4, -0.2) is 28.5 Å². The lowest BCUT2D eigenvalue weighted by Crippen LogP contribution is -2.55. The summed E-state index contributed by atoms with van der Waals surface area (Å²) in [7, 11) is 1.71. The average Bonchev–Trinajstić information content (AvgIpc) is 2.75. The molecule has 150 valence electrons. The second-order valence-electron chi connectivity index (χ2n) is 7.71. The van der Waals surface area contributed by atoms with Gasteiger partial charge >= 0.3 is 0 Å². The summed E-state index contributed by atoms with van der Waals surface area (Å²) in [5, 5.41) is 11.2. The molecule has 1 amide bonds. The number of hydrogen-bond acceptors (Lipinski definition) is 3. The Bertz CT molecular complexity index is 911. The van der Waals surface area contributed by atoms with E-state index in [9.17, 15) is 9.90 Å². The predicted molar refractivity (Wildman–Crippen MR) is 116 cm³/mol. The van der Waals surface area contributed by atoms with E-state index in [-0.39, 0.29) is 5.91 Å². The topological polar surface area (TPSA) is 66.6 Å². The molecule has 3 rings (SSSR count). The SMILES string of the molecule is CN(C(=O)[C@@](C)(N)Cc1ccccc1)[C@@H](c1ccccc1)[C@@H](O)c1ccccc1. The lowest BCUT2D eigenvalue weighted by Gasteiger charge is -2.37. The second-order valence-corrected chi connectivity index (χ2v) is 7.71. The molecule has 0 unspecified atom stereocenters. The molecule has 0 saturated heterocycles. The monoisotopic (exact) mass is 388 g/mol. The third kappa shape index (κ3) is 4.91. The number of nitrogens with two attached hydrogens (primary N) is 1. The summed E-state index contributed by atoms with van der Waals surface area (Å²) in [6.07, 6.45) is -0.458. The van der Waals surface area contributed by atoms with Gasteiger partial charge in [0.05, 0.1) is 11.6 Å². The minimum absolute atomic E-state index is 0.217. The van der Waals surface area contributed by atoms with Gasteiger partial charge in [0, 0.05) is 7.05 Å². The zero-order chi connectivity index (χ0) is 20.9. The van der Waals surface area contributed by atoms with Crippen LogP contribution in [-0.2, 0) is 11.2 Å². The van der Waals surface area contributed by atoms with E-state index in [1.54, 1.807) is 18.9 Å². The molecule has 3 aromatic rings. The molecule has 0 heterocycles. The predicted octanol–water partition coefficient (Wildman–Crippen LogP) is 3.88. The lowest BCUT2D eigenvalue weighted by atomic mass is 9.89. The maximum Gasteiger partial charge on any atom is 0.243 e. The van der Waals surface area contributed by atoms with Gasteiger partial charge in [0.1, 0.15) is 6.10 Å². The maximum absolute atomic E-state index is 13.4. The van der Waals surface area contributed by atoms with Gasteiger partial charge in [-0.25, -0.2) is 0 Å². The molecule has 3 atom stereocenters. The molecular formula is C25H28N2O2. The van der Waals surface area contributed by atoms with E-state index >= 15 is 0 Å². The molecule has 0 aromatic heterocycles. The van der Waals surface area contributed by atoms with Crippen molar-refractivity contribution in [3.8, 4) is 0 Å². The summed E-state index contributed by atoms with van der Waals surface area (Å²) in [5.74, 6) is -0.217. The molecule has 0 fully saturated rings. The van der Waals surface area contributed by atoms with Crippen molar-refractivity contribution in [1.82, 2.24) is 4.90 Å². The Hall–Kier alpha value is -2.95. The molecule has 0 radical (unpaired) electrons. The zero-order valence-corrected chi connectivity index (χ0v) is 16.9. The number of aliphatic hydroxyl groups is 1. The van der Waals surface area contributed by atoms with Crippen molar-refractivity contribution < 1.29 is 9.90 Å². The minimum atomic E-state index is -1.10. The first-order valence-corrected chi connectivity index (χ1v) is 9.78. The van der Waals surface area contributed by atoms with Crippen LogP contribution in [0, 0.1) is 0 Å². The van der Waals surface area contributed by atoms with Gasteiger partial charge in [-0.1, -0.05) is 91.0 Å². The van der Waals surface area contributed by atoms with E-state index in [1.165, 1.54) is 0 Å². The van der Waals surface area contributed by atoms with E-state index in [2.05, 4.69) is 0 Å². The summed E-state index contributed by atoms with van der Waals surface area (Å²) in [5.41, 5.74) is 7.99. The van der Waals surface area contributed by atoms with Crippen LogP contribution >= 0.6 is 0 Å². The van der Waals surface area contributed by atoms with Gasteiger partial charge in [0.2, 0.25) is 5.91 Å². The number of benzene rings is 3. The molecule has 0 saturated carbocycles. The highest BCUT2D eigenvalue weighted by molar-refractivity contribution is 5.86. The van der Waals surface area contributed by atoms with Crippen LogP contribution in [0.15, 0.2) is 91.0 Å². The van der Waals surface area contributed by atoms with Crippen LogP contribution in [0.3, 0.4) is 0 Å². The Kier molecular flexibility index (Phi) is 6.47. The quantitative estimate of drug-likeness (QED) is 0.645. The largest absolute Gasteiger partial charge is 0.386 e. The standard InChI is InChI=1S/C25H28N2O2/c1-25(26,18-19-12-6-3-7-13-19)24(29)27(2)22(20-14-8-4-9-15-20)23(28)21-16-10-5-11-17-21/h3-17,22-23,28H,18,26H2,1-2H3/t22-,23-,25-/m0/s1. The molecule has 0 bridgehead atoms. The highest BCUT2D eigenvalue weighted by Gasteiger charge is 2.37. The van der Waals surface area contributed by atoms with Crippen molar-refractivity contribution in [2.45, 2.75) is 31.0 Å². The summed E-state index contributed by atoms with van der Waals surface area (Å²) in [4.78, 5) is 15.0. The fourth-order valence-electron chi connectivity index (χ4n) is 3.73. The third-order valence-electron chi connectivity index (χ3n) is 5.22. The molecule has 0 aliphatic carbocycles. The van der Waals surface area contributed by atoms with E-state index < -0.39 is 17.7 Å². The van der Waals surface area contributed by atoms with Crippen LogP contribution in [0.25, 0.3) is 0 Å². The minimum Gasteiger partial charge on any atom is -0.386 e. The maximum atomic E-state index is 13.4. The summed E-state index contributed by atoms with van der Waals surface area (Å²) >= 11 is 0. The number of rotatable bonds is 7. The van der Waals surface area contributed by atoms with Crippen molar-refractivity contribution in [3.05, 3.63) is 108 Å². The summed E-state index contributed by atoms with van der Waals surface area (Å²) in [6, 6.07) is 28.2. The smallest absolute Gasteiger partial charge is 0.243 e. The van der Waals surface area contributed by atoms with E-state index in [0.29, 0.717) is 6.42 Å². The van der Waals surface area contributed by atoms with Crippen molar-refractivity contribution in [2.24, 2.45) is 5.73 Å². The Morgan fingerprint density at radius 2 is 1.34 bits per heavy atom. The first-order valence-electron chi connectivity index (χ1n) is 9.78. The highest BCUT2D eigenvalue weighted by atomic mass is 16.3. The van der Waals surface area contributed by atoms with E-state index in [1.807, 2.05) is 91.0 Å². The molecule has 0 aliphatic heterocycles. The fraction of sp³-hybridized carbons (Fsp3) is 0.240. The number of carbonyl (C=O) groups excluding carboxylic acids is 1. The number of nitrogens with zero attached hydrogens (tertiary/aromatic N) is 1. The first kappa shape index (κ1) is 20.8. The van der Waals surface area contributed by atoms with E-state index in [4.69, 9.17) is 5.73 Å². The van der Waals surface area contributed by atoms with Gasteiger partial charge in [-0.05, 0) is 30.0 Å². The van der Waals surface area contributed by atoms with Crippen LogP contribution in [0.4, 0.5) is 0 Å². The molecule has 3 N–H and O–H groups in total. The molecule has 0 spiro atoms. The number of amides is 1. The third-order valence-corrected chi connectivity index (χ3v) is 5.22. The number of hydrogen-bond donors (Lipinski definition) is 2. The molecule has 4 nitrogen and oxygen atoms in total. The number of likely N-dealkylation sites (N-methyl/N-ethyl adjacent to an activating group) is 1. The van der Waals surface area contributed by atoms with Gasteiger partial charge in [-0.15, -0.1) is 0 Å². The Morgan fingerprint density at radius 1 is 0.897 bits per heavy atom. The molecule has 29 heavy (non-hydrogen) atoms. The highest BCUT2D eigenvalue weighted by Crippen LogP contribution is 2.34. The molecule has 4 heteroatoms. The first-order chi connectivity index (χ1) is 13.9. The lowest BCUT2D eigenvalue weighted by molar-refractivity contribution is -0.140. The molecule has 3 aromatic carbocycles. The van der Waals surface area contributed by atoms with Gasteiger partial charge < -0.3 is 15.7 Å². The molecule has 0 aliphatic rings. The van der Waals surface area contributed by atoms with Gasteiger partial charge in [0.25, 0.3) is 0 Å². The Balaban J connectivity index is 1.91. The van der Waals surface area contributed by atoms with Crippen LogP contribution < -0.4 is 5.73 Å². The number of carbonyl (C=O) groups is 1. The van der Waals surface area contributed by atoms with Gasteiger partial charge in [-0.2, -0.15) is 0 Å². The summed E-state index contributed by atoms with van der Waals surface area (Å²) in [6.45, 7) is 1.75. The summed E-state index contributed by atoms with van der Waals surface area (Å²) < 4.78 is 0. The Labute approximate surface area is 172 Å². The fourth-order valence-corrected chi connectivity index (χ4v) is 3.73. The van der Waals surface area contributed by atoms with Crippen molar-refractivity contribution in [1.29, 1.82) is 0 Å². The van der Waals surface area contributed by atoms with Gasteiger partial charge in [-0.3, -0.25) is 4.79 Å². The normalized spacial score (nSPS) is 15.2. The van der Waals surface area contributed by atoms with Crippen LogP contribution in [0.5, 0.6) is 0 Å². The van der Waals surface area contributed by atoms with Crippen LogP contribution in [0.2, 0.25) is 0 Å². The molecular weight excluding hydrogens is 360 g/mol. The Morgan fingerprint density at radius 3 is 1.86 bits per heavy atom. The van der Waals surface area contributed by atoms with Gasteiger partial charge in [0.15, 0.2) is 0 Å². The number of aliphatic hydroxyl groups excluding tert-OH is 1.